The number of para-hydroxylation sites is 1. The van der Waals surface area contributed by atoms with Gasteiger partial charge < -0.3 is 14.8 Å². The molecule has 3 amide bonds. The van der Waals surface area contributed by atoms with Crippen LogP contribution in [0.2, 0.25) is 0 Å². The summed E-state index contributed by atoms with van der Waals surface area (Å²) in [6.07, 6.45) is 4.21. The third-order valence-electron chi connectivity index (χ3n) is 4.42. The fraction of sp³-hybridized carbons (Fsp3) is 0.526. The molecule has 0 spiro atoms. The van der Waals surface area contributed by atoms with Crippen LogP contribution in [-0.4, -0.2) is 37.2 Å². The number of esters is 1. The molecule has 0 radical (unpaired) electrons. The SMILES string of the molecule is CCOc1ccccc1C(=O)OCC(=O)NC(=O)N[C@H]1CCCC[C@@H]1C. The van der Waals surface area contributed by atoms with Gasteiger partial charge in [0, 0.05) is 6.04 Å². The predicted octanol–water partition coefficient (Wildman–Crippen LogP) is 2.65. The van der Waals surface area contributed by atoms with Crippen molar-refractivity contribution < 1.29 is 23.9 Å². The van der Waals surface area contributed by atoms with Crippen molar-refractivity contribution >= 4 is 17.9 Å². The quantitative estimate of drug-likeness (QED) is 0.759. The Morgan fingerprint density at radius 2 is 1.88 bits per heavy atom. The van der Waals surface area contributed by atoms with Gasteiger partial charge in [-0.25, -0.2) is 9.59 Å². The highest BCUT2D eigenvalue weighted by atomic mass is 16.5. The number of nitrogens with one attached hydrogen (secondary N) is 2. The predicted molar refractivity (Wildman–Crippen MR) is 96.0 cm³/mol. The van der Waals surface area contributed by atoms with E-state index in [1.165, 1.54) is 6.42 Å². The molecular formula is C19H26N2O5. The van der Waals surface area contributed by atoms with E-state index >= 15 is 0 Å². The van der Waals surface area contributed by atoms with E-state index < -0.39 is 24.5 Å². The molecule has 142 valence electrons. The number of hydrogen-bond donors (Lipinski definition) is 2. The third-order valence-corrected chi connectivity index (χ3v) is 4.42. The van der Waals surface area contributed by atoms with Gasteiger partial charge in [0.25, 0.3) is 5.91 Å². The second-order valence-electron chi connectivity index (χ2n) is 6.40. The molecule has 1 aliphatic rings. The second kappa shape index (κ2) is 9.79. The molecule has 0 aliphatic heterocycles. The monoisotopic (exact) mass is 362 g/mol. The minimum atomic E-state index is -0.675. The zero-order valence-electron chi connectivity index (χ0n) is 15.2. The Hall–Kier alpha value is -2.57. The van der Waals surface area contributed by atoms with E-state index in [0.717, 1.165) is 19.3 Å². The first-order valence-corrected chi connectivity index (χ1v) is 9.00. The third kappa shape index (κ3) is 5.75. The minimum Gasteiger partial charge on any atom is -0.493 e. The summed E-state index contributed by atoms with van der Waals surface area (Å²) in [6.45, 7) is 3.77. The van der Waals surface area contributed by atoms with E-state index in [2.05, 4.69) is 17.6 Å². The van der Waals surface area contributed by atoms with E-state index in [-0.39, 0.29) is 11.6 Å². The Morgan fingerprint density at radius 3 is 2.62 bits per heavy atom. The van der Waals surface area contributed by atoms with Crippen molar-refractivity contribution in [3.63, 3.8) is 0 Å². The summed E-state index contributed by atoms with van der Waals surface area (Å²) in [6, 6.07) is 6.14. The summed E-state index contributed by atoms with van der Waals surface area (Å²) in [5.41, 5.74) is 0.239. The molecule has 1 aliphatic carbocycles. The number of imide groups is 1. The van der Waals surface area contributed by atoms with Gasteiger partial charge in [0.1, 0.15) is 11.3 Å². The summed E-state index contributed by atoms with van der Waals surface area (Å²) in [4.78, 5) is 35.9. The maximum Gasteiger partial charge on any atom is 0.342 e. The van der Waals surface area contributed by atoms with E-state index in [1.54, 1.807) is 31.2 Å². The van der Waals surface area contributed by atoms with Gasteiger partial charge in [-0.1, -0.05) is 31.9 Å². The zero-order valence-corrected chi connectivity index (χ0v) is 15.2. The minimum absolute atomic E-state index is 0.0668. The number of ether oxygens (including phenoxy) is 2. The maximum atomic E-state index is 12.1. The molecule has 26 heavy (non-hydrogen) atoms. The fourth-order valence-corrected chi connectivity index (χ4v) is 3.02. The standard InChI is InChI=1S/C19H26N2O5/c1-3-25-16-11-7-5-9-14(16)18(23)26-12-17(22)21-19(24)20-15-10-6-4-8-13(15)2/h5,7,9,11,13,15H,3-4,6,8,10,12H2,1-2H3,(H2,20,21,22,24)/t13-,15-/m0/s1. The molecule has 0 unspecified atom stereocenters. The van der Waals surface area contributed by atoms with Crippen molar-refractivity contribution in [2.45, 2.75) is 45.6 Å². The van der Waals surface area contributed by atoms with Gasteiger partial charge in [-0.3, -0.25) is 10.1 Å². The average molecular weight is 362 g/mol. The lowest BCUT2D eigenvalue weighted by molar-refractivity contribution is -0.123. The lowest BCUT2D eigenvalue weighted by Crippen LogP contribution is -2.48. The Balaban J connectivity index is 1.79. The molecule has 0 aromatic heterocycles. The first-order chi connectivity index (χ1) is 12.5. The molecule has 0 bridgehead atoms. The molecule has 1 saturated carbocycles. The van der Waals surface area contributed by atoms with Crippen molar-refractivity contribution in [3.05, 3.63) is 29.8 Å². The number of hydrogen-bond acceptors (Lipinski definition) is 5. The van der Waals surface area contributed by atoms with Gasteiger partial charge in [0.05, 0.1) is 6.61 Å². The van der Waals surface area contributed by atoms with Crippen LogP contribution in [0.15, 0.2) is 24.3 Å². The van der Waals surface area contributed by atoms with Crippen LogP contribution in [0.5, 0.6) is 5.75 Å². The molecule has 0 saturated heterocycles. The lowest BCUT2D eigenvalue weighted by atomic mass is 9.86. The van der Waals surface area contributed by atoms with E-state index in [0.29, 0.717) is 18.3 Å². The van der Waals surface area contributed by atoms with Crippen LogP contribution in [0.1, 0.15) is 49.9 Å². The highest BCUT2D eigenvalue weighted by Gasteiger charge is 2.23. The molecule has 1 aromatic carbocycles. The summed E-state index contributed by atoms with van der Waals surface area (Å²) in [5.74, 6) is -0.569. The second-order valence-corrected chi connectivity index (χ2v) is 6.40. The Labute approximate surface area is 153 Å². The molecule has 7 heteroatoms. The first-order valence-electron chi connectivity index (χ1n) is 9.00. The molecular weight excluding hydrogens is 336 g/mol. The van der Waals surface area contributed by atoms with Gasteiger partial charge in [-0.05, 0) is 37.8 Å². The van der Waals surface area contributed by atoms with Crippen LogP contribution in [0.25, 0.3) is 0 Å². The van der Waals surface area contributed by atoms with E-state index in [9.17, 15) is 14.4 Å². The summed E-state index contributed by atoms with van der Waals surface area (Å²) < 4.78 is 10.3. The highest BCUT2D eigenvalue weighted by Crippen LogP contribution is 2.23. The lowest BCUT2D eigenvalue weighted by Gasteiger charge is -2.29. The average Bonchev–Trinajstić information content (AvgIpc) is 2.62. The number of amides is 3. The van der Waals surface area contributed by atoms with Crippen LogP contribution in [0.4, 0.5) is 4.79 Å². The van der Waals surface area contributed by atoms with Gasteiger partial charge in [-0.15, -0.1) is 0 Å². The van der Waals surface area contributed by atoms with Crippen LogP contribution in [0, 0.1) is 5.92 Å². The Morgan fingerprint density at radius 1 is 1.15 bits per heavy atom. The smallest absolute Gasteiger partial charge is 0.342 e. The number of carbonyl (C=O) groups is 3. The van der Waals surface area contributed by atoms with Crippen molar-refractivity contribution in [3.8, 4) is 5.75 Å². The van der Waals surface area contributed by atoms with Crippen LogP contribution in [0.3, 0.4) is 0 Å². The normalized spacial score (nSPS) is 19.3. The summed E-state index contributed by atoms with van der Waals surface area (Å²) in [7, 11) is 0. The molecule has 1 fully saturated rings. The molecule has 2 atom stereocenters. The zero-order chi connectivity index (χ0) is 18.9. The van der Waals surface area contributed by atoms with Gasteiger partial charge in [-0.2, -0.15) is 0 Å². The molecule has 0 heterocycles. The highest BCUT2D eigenvalue weighted by molar-refractivity contribution is 5.97. The fourth-order valence-electron chi connectivity index (χ4n) is 3.02. The van der Waals surface area contributed by atoms with Crippen molar-refractivity contribution in [2.24, 2.45) is 5.92 Å². The van der Waals surface area contributed by atoms with E-state index in [4.69, 9.17) is 9.47 Å². The van der Waals surface area contributed by atoms with Crippen molar-refractivity contribution in [1.82, 2.24) is 10.6 Å². The number of benzene rings is 1. The maximum absolute atomic E-state index is 12.1. The van der Waals surface area contributed by atoms with Crippen LogP contribution >= 0.6 is 0 Å². The van der Waals surface area contributed by atoms with Gasteiger partial charge in [0.2, 0.25) is 0 Å². The van der Waals surface area contributed by atoms with Gasteiger partial charge in [0.15, 0.2) is 6.61 Å². The molecule has 2 N–H and O–H groups in total. The molecule has 7 nitrogen and oxygen atoms in total. The van der Waals surface area contributed by atoms with Crippen LogP contribution < -0.4 is 15.4 Å². The Kier molecular flexibility index (Phi) is 7.44. The van der Waals surface area contributed by atoms with Gasteiger partial charge >= 0.3 is 12.0 Å². The topological polar surface area (TPSA) is 93.7 Å². The summed E-state index contributed by atoms with van der Waals surface area (Å²) in [5, 5.41) is 5.01. The van der Waals surface area contributed by atoms with E-state index in [1.807, 2.05) is 0 Å². The first kappa shape index (κ1) is 19.8. The molecule has 2 rings (SSSR count). The number of rotatable bonds is 6. The Bertz CT molecular complexity index is 647. The molecule has 1 aromatic rings. The number of carbonyl (C=O) groups excluding carboxylic acids is 3. The summed E-state index contributed by atoms with van der Waals surface area (Å²) >= 11 is 0. The van der Waals surface area contributed by atoms with Crippen molar-refractivity contribution in [1.29, 1.82) is 0 Å². The number of urea groups is 1. The van der Waals surface area contributed by atoms with Crippen molar-refractivity contribution in [2.75, 3.05) is 13.2 Å². The largest absolute Gasteiger partial charge is 0.493 e. The van der Waals surface area contributed by atoms with Crippen LogP contribution in [-0.2, 0) is 9.53 Å².